The lowest BCUT2D eigenvalue weighted by Gasteiger charge is -2.25. The topological polar surface area (TPSA) is 120 Å². The standard InChI is InChI=1S/C23H20N8O/c1-14(2)31-23-20(21(29-31)18-7-8-26-12-28-18)19(17(11-24)22(25)32-23)15-3-5-16(6-4-15)30-10-9-27-13-30/h3-10,12-14,19H,25H2,1-2H3. The summed E-state index contributed by atoms with van der Waals surface area (Å²) in [5.74, 6) is 0.159. The van der Waals surface area contributed by atoms with E-state index < -0.39 is 5.92 Å². The van der Waals surface area contributed by atoms with E-state index >= 15 is 0 Å². The molecule has 0 amide bonds. The number of allylic oxidation sites excluding steroid dienone is 1. The fourth-order valence-corrected chi connectivity index (χ4v) is 3.91. The van der Waals surface area contributed by atoms with Gasteiger partial charge in [-0.1, -0.05) is 12.1 Å². The first-order valence-electron chi connectivity index (χ1n) is 10.1. The van der Waals surface area contributed by atoms with E-state index in [1.807, 2.05) is 48.9 Å². The summed E-state index contributed by atoms with van der Waals surface area (Å²) in [6, 6.07) is 12.0. The SMILES string of the molecule is CC(C)n1nc(-c2ccncn2)c2c1OC(N)=C(C#N)C2c1ccc(-n2ccnc2)cc1. The van der Waals surface area contributed by atoms with E-state index in [-0.39, 0.29) is 11.9 Å². The molecule has 3 aromatic heterocycles. The van der Waals surface area contributed by atoms with E-state index in [1.165, 1.54) is 6.33 Å². The molecule has 1 unspecified atom stereocenters. The molecule has 0 saturated heterocycles. The van der Waals surface area contributed by atoms with Gasteiger partial charge in [-0.3, -0.25) is 0 Å². The lowest BCUT2D eigenvalue weighted by molar-refractivity contribution is 0.334. The molecule has 0 aliphatic carbocycles. The molecule has 9 heteroatoms. The van der Waals surface area contributed by atoms with Crippen molar-refractivity contribution in [3.63, 3.8) is 0 Å². The number of imidazole rings is 1. The molecular formula is C23H20N8O. The Morgan fingerprint density at radius 2 is 1.94 bits per heavy atom. The molecule has 1 atom stereocenters. The van der Waals surface area contributed by atoms with Gasteiger partial charge in [0.05, 0.1) is 29.5 Å². The van der Waals surface area contributed by atoms with Crippen molar-refractivity contribution in [2.75, 3.05) is 0 Å². The number of hydrogen-bond donors (Lipinski definition) is 1. The largest absolute Gasteiger partial charge is 0.422 e. The van der Waals surface area contributed by atoms with Crippen LogP contribution in [0.15, 0.2) is 73.0 Å². The van der Waals surface area contributed by atoms with Crippen LogP contribution in [0.2, 0.25) is 0 Å². The first kappa shape index (κ1) is 19.5. The number of hydrogen-bond acceptors (Lipinski definition) is 7. The normalized spacial score (nSPS) is 15.4. The Bertz CT molecular complexity index is 1330. The number of aromatic nitrogens is 6. The molecule has 1 aromatic carbocycles. The summed E-state index contributed by atoms with van der Waals surface area (Å²) in [6.07, 6.45) is 8.48. The van der Waals surface area contributed by atoms with Crippen molar-refractivity contribution in [1.29, 1.82) is 5.26 Å². The molecule has 1 aliphatic rings. The zero-order chi connectivity index (χ0) is 22.2. The number of nitrogens with two attached hydrogens (primary N) is 1. The van der Waals surface area contributed by atoms with E-state index in [0.29, 0.717) is 22.8 Å². The number of nitrogens with zero attached hydrogens (tertiary/aromatic N) is 7. The maximum Gasteiger partial charge on any atom is 0.224 e. The highest BCUT2D eigenvalue weighted by molar-refractivity contribution is 5.69. The third kappa shape index (κ3) is 3.09. The Kier molecular flexibility index (Phi) is 4.67. The number of nitriles is 1. The zero-order valence-electron chi connectivity index (χ0n) is 17.5. The van der Waals surface area contributed by atoms with Crippen LogP contribution in [-0.4, -0.2) is 29.3 Å². The Balaban J connectivity index is 1.72. The summed E-state index contributed by atoms with van der Waals surface area (Å²) in [4.78, 5) is 12.5. The second-order valence-electron chi connectivity index (χ2n) is 7.69. The molecule has 0 bridgehead atoms. The molecule has 158 valence electrons. The van der Waals surface area contributed by atoms with Crippen LogP contribution >= 0.6 is 0 Å². The fraction of sp³-hybridized carbons (Fsp3) is 0.174. The van der Waals surface area contributed by atoms with Crippen LogP contribution in [0.4, 0.5) is 0 Å². The fourth-order valence-electron chi connectivity index (χ4n) is 3.91. The lowest BCUT2D eigenvalue weighted by Crippen LogP contribution is -2.22. The van der Waals surface area contributed by atoms with E-state index in [4.69, 9.17) is 15.6 Å². The number of ether oxygens (including phenoxy) is 1. The van der Waals surface area contributed by atoms with Crippen LogP contribution in [0.5, 0.6) is 5.88 Å². The van der Waals surface area contributed by atoms with Crippen molar-refractivity contribution < 1.29 is 4.74 Å². The molecule has 32 heavy (non-hydrogen) atoms. The Hall–Kier alpha value is -4.45. The van der Waals surface area contributed by atoms with Gasteiger partial charge in [-0.05, 0) is 37.6 Å². The maximum absolute atomic E-state index is 9.97. The average Bonchev–Trinajstić information content (AvgIpc) is 3.47. The van der Waals surface area contributed by atoms with Crippen LogP contribution < -0.4 is 10.5 Å². The Labute approximate surface area is 184 Å². The number of fused-ring (bicyclic) bond motifs is 1. The molecule has 5 rings (SSSR count). The van der Waals surface area contributed by atoms with E-state index in [2.05, 4.69) is 21.0 Å². The number of rotatable bonds is 4. The third-order valence-corrected chi connectivity index (χ3v) is 5.41. The molecule has 0 radical (unpaired) electrons. The Morgan fingerprint density at radius 1 is 1.12 bits per heavy atom. The smallest absolute Gasteiger partial charge is 0.224 e. The molecular weight excluding hydrogens is 404 g/mol. The molecule has 0 saturated carbocycles. The molecule has 4 heterocycles. The van der Waals surface area contributed by atoms with Gasteiger partial charge < -0.3 is 15.0 Å². The predicted molar refractivity (Wildman–Crippen MR) is 116 cm³/mol. The number of benzene rings is 1. The second kappa shape index (κ2) is 7.67. The van der Waals surface area contributed by atoms with Gasteiger partial charge in [0.25, 0.3) is 0 Å². The Morgan fingerprint density at radius 3 is 2.56 bits per heavy atom. The maximum atomic E-state index is 9.97. The predicted octanol–water partition coefficient (Wildman–Crippen LogP) is 3.32. The molecule has 1 aliphatic heterocycles. The first-order chi connectivity index (χ1) is 15.6. The van der Waals surface area contributed by atoms with Crippen molar-refractivity contribution in [1.82, 2.24) is 29.3 Å². The van der Waals surface area contributed by atoms with Crippen LogP contribution in [0.25, 0.3) is 17.1 Å². The molecule has 9 nitrogen and oxygen atoms in total. The van der Waals surface area contributed by atoms with Gasteiger partial charge in [0.2, 0.25) is 11.8 Å². The van der Waals surface area contributed by atoms with Crippen molar-refractivity contribution in [2.45, 2.75) is 25.8 Å². The second-order valence-corrected chi connectivity index (χ2v) is 7.69. The zero-order valence-corrected chi connectivity index (χ0v) is 17.5. The summed E-state index contributed by atoms with van der Waals surface area (Å²) in [6.45, 7) is 4.02. The van der Waals surface area contributed by atoms with Crippen molar-refractivity contribution in [3.8, 4) is 29.0 Å². The van der Waals surface area contributed by atoms with Gasteiger partial charge in [0.15, 0.2) is 0 Å². The molecule has 0 fully saturated rings. The van der Waals surface area contributed by atoms with Crippen molar-refractivity contribution >= 4 is 0 Å². The van der Waals surface area contributed by atoms with Crippen molar-refractivity contribution in [2.24, 2.45) is 5.73 Å². The van der Waals surface area contributed by atoms with E-state index in [9.17, 15) is 5.26 Å². The monoisotopic (exact) mass is 424 g/mol. The summed E-state index contributed by atoms with van der Waals surface area (Å²) < 4.78 is 9.64. The molecule has 0 spiro atoms. The van der Waals surface area contributed by atoms with Crippen LogP contribution in [0.1, 0.15) is 36.9 Å². The van der Waals surface area contributed by atoms with Crippen molar-refractivity contribution in [3.05, 3.63) is 84.2 Å². The summed E-state index contributed by atoms with van der Waals surface area (Å²) in [5, 5.41) is 14.8. The molecule has 4 aromatic rings. The summed E-state index contributed by atoms with van der Waals surface area (Å²) in [7, 11) is 0. The van der Waals surface area contributed by atoms with E-state index in [1.54, 1.807) is 29.5 Å². The van der Waals surface area contributed by atoms with E-state index in [0.717, 1.165) is 16.8 Å². The highest BCUT2D eigenvalue weighted by atomic mass is 16.5. The van der Waals surface area contributed by atoms with Gasteiger partial charge >= 0.3 is 0 Å². The molecule has 2 N–H and O–H groups in total. The van der Waals surface area contributed by atoms with Crippen LogP contribution in [0.3, 0.4) is 0 Å². The van der Waals surface area contributed by atoms with Crippen LogP contribution in [-0.2, 0) is 0 Å². The lowest BCUT2D eigenvalue weighted by atomic mass is 9.83. The average molecular weight is 424 g/mol. The van der Waals surface area contributed by atoms with Gasteiger partial charge in [-0.15, -0.1) is 0 Å². The minimum atomic E-state index is -0.446. The van der Waals surface area contributed by atoms with Crippen LogP contribution in [0, 0.1) is 11.3 Å². The summed E-state index contributed by atoms with van der Waals surface area (Å²) >= 11 is 0. The van der Waals surface area contributed by atoms with Gasteiger partial charge in [-0.25, -0.2) is 19.6 Å². The van der Waals surface area contributed by atoms with Gasteiger partial charge in [0, 0.05) is 24.3 Å². The van der Waals surface area contributed by atoms with Gasteiger partial charge in [0.1, 0.15) is 23.7 Å². The summed E-state index contributed by atoms with van der Waals surface area (Å²) in [5.41, 5.74) is 10.5. The highest BCUT2D eigenvalue weighted by Gasteiger charge is 2.38. The third-order valence-electron chi connectivity index (χ3n) is 5.41. The highest BCUT2D eigenvalue weighted by Crippen LogP contribution is 2.47. The minimum Gasteiger partial charge on any atom is -0.422 e. The first-order valence-corrected chi connectivity index (χ1v) is 10.1. The van der Waals surface area contributed by atoms with Gasteiger partial charge in [-0.2, -0.15) is 10.4 Å². The quantitative estimate of drug-likeness (QED) is 0.533. The minimum absolute atomic E-state index is 0.0139.